The Balaban J connectivity index is 1.34. The van der Waals surface area contributed by atoms with Crippen LogP contribution in [0, 0.1) is 0 Å². The van der Waals surface area contributed by atoms with E-state index < -0.39 is 10.0 Å². The molecule has 0 bridgehead atoms. The van der Waals surface area contributed by atoms with Crippen molar-refractivity contribution in [2.45, 2.75) is 17.9 Å². The number of nitrogens with zero attached hydrogens (tertiary/aromatic N) is 1. The summed E-state index contributed by atoms with van der Waals surface area (Å²) in [7, 11) is -4.04. The second-order valence-electron chi connectivity index (χ2n) is 8.85. The lowest BCUT2D eigenvalue weighted by atomic mass is 10.1. The largest absolute Gasteiger partial charge is 0.352 e. The third kappa shape index (κ3) is 6.22. The number of carbonyl (C=O) groups excluding carboxylic acids is 1. The average Bonchev–Trinajstić information content (AvgIpc) is 3.24. The van der Waals surface area contributed by atoms with Crippen LogP contribution < -0.4 is 14.9 Å². The summed E-state index contributed by atoms with van der Waals surface area (Å²) in [5.41, 5.74) is 3.01. The van der Waals surface area contributed by atoms with Crippen LogP contribution in [0.15, 0.2) is 107 Å². The van der Waals surface area contributed by atoms with Crippen LogP contribution in [-0.4, -0.2) is 25.4 Å². The molecule has 0 spiro atoms. The number of anilines is 1. The molecule has 0 unspecified atom stereocenters. The minimum Gasteiger partial charge on any atom is -0.352 e. The molecule has 39 heavy (non-hydrogen) atoms. The lowest BCUT2D eigenvalue weighted by Gasteiger charge is -2.13. The zero-order valence-corrected chi connectivity index (χ0v) is 23.0. The van der Waals surface area contributed by atoms with Gasteiger partial charge in [-0.3, -0.25) is 18.9 Å². The van der Waals surface area contributed by atoms with Gasteiger partial charge in [0.15, 0.2) is 0 Å². The van der Waals surface area contributed by atoms with E-state index in [2.05, 4.69) is 10.0 Å². The van der Waals surface area contributed by atoms with Crippen LogP contribution in [0.4, 0.5) is 5.69 Å². The van der Waals surface area contributed by atoms with Crippen molar-refractivity contribution in [1.82, 2.24) is 9.88 Å². The minimum atomic E-state index is -4.04. The van der Waals surface area contributed by atoms with Gasteiger partial charge in [0, 0.05) is 11.6 Å². The molecule has 0 aliphatic heterocycles. The summed E-state index contributed by atoms with van der Waals surface area (Å²) in [5, 5.41) is 3.46. The fourth-order valence-corrected chi connectivity index (χ4v) is 6.41. The van der Waals surface area contributed by atoms with Crippen LogP contribution in [-0.2, 0) is 23.0 Å². The van der Waals surface area contributed by atoms with Gasteiger partial charge in [0.1, 0.15) is 0 Å². The molecule has 0 radical (unpaired) electrons. The fourth-order valence-electron chi connectivity index (χ4n) is 4.17. The molecular weight excluding hydrogens is 554 g/mol. The van der Waals surface area contributed by atoms with Crippen LogP contribution in [0.1, 0.15) is 21.5 Å². The molecule has 1 aromatic heterocycles. The first-order valence-corrected chi connectivity index (χ1v) is 14.8. The van der Waals surface area contributed by atoms with Gasteiger partial charge in [-0.25, -0.2) is 8.42 Å². The Morgan fingerprint density at radius 2 is 1.59 bits per heavy atom. The Morgan fingerprint density at radius 3 is 2.36 bits per heavy atom. The van der Waals surface area contributed by atoms with E-state index in [0.717, 1.165) is 22.5 Å². The number of benzene rings is 4. The normalized spacial score (nSPS) is 11.4. The fraction of sp³-hybridized carbons (Fsp3) is 0.103. The number of carbonyl (C=O) groups is 1. The number of hydrogen-bond acceptors (Lipinski definition) is 5. The summed E-state index contributed by atoms with van der Waals surface area (Å²) in [5.74, 6) is -0.378. The number of amides is 1. The molecule has 0 fully saturated rings. The predicted molar refractivity (Wildman–Crippen MR) is 156 cm³/mol. The summed E-state index contributed by atoms with van der Waals surface area (Å²) in [4.78, 5) is 25.4. The molecule has 5 rings (SSSR count). The first-order chi connectivity index (χ1) is 18.8. The summed E-state index contributed by atoms with van der Waals surface area (Å²) in [6.45, 7) is 0.750. The van der Waals surface area contributed by atoms with Crippen molar-refractivity contribution < 1.29 is 13.2 Å². The Kier molecular flexibility index (Phi) is 7.83. The van der Waals surface area contributed by atoms with Crippen molar-refractivity contribution in [3.05, 3.63) is 128 Å². The highest BCUT2D eigenvalue weighted by atomic mass is 35.5. The lowest BCUT2D eigenvalue weighted by Crippen LogP contribution is -2.27. The third-order valence-electron chi connectivity index (χ3n) is 6.16. The topological polar surface area (TPSA) is 97.3 Å². The van der Waals surface area contributed by atoms with Crippen molar-refractivity contribution >= 4 is 54.8 Å². The Bertz CT molecular complexity index is 1800. The van der Waals surface area contributed by atoms with Crippen LogP contribution in [0.2, 0.25) is 5.02 Å². The molecule has 0 aliphatic rings. The van der Waals surface area contributed by atoms with Gasteiger partial charge in [0.25, 0.3) is 15.9 Å². The molecule has 198 valence electrons. The van der Waals surface area contributed by atoms with E-state index in [1.807, 2.05) is 42.5 Å². The maximum atomic E-state index is 13.3. The quantitative estimate of drug-likeness (QED) is 0.240. The molecule has 0 saturated carbocycles. The van der Waals surface area contributed by atoms with E-state index >= 15 is 0 Å². The van der Waals surface area contributed by atoms with Crippen molar-refractivity contribution in [3.8, 4) is 0 Å². The van der Waals surface area contributed by atoms with Crippen molar-refractivity contribution in [3.63, 3.8) is 0 Å². The van der Waals surface area contributed by atoms with Crippen LogP contribution in [0.5, 0.6) is 0 Å². The predicted octanol–water partition coefficient (Wildman–Crippen LogP) is 5.54. The SMILES string of the molecule is O=C(NCCc1ccccc1)c1ccccc1NS(=O)(=O)c1ccc2c(c1)sc(=O)n2Cc1ccc(Cl)cc1. The number of thiazole rings is 1. The van der Waals surface area contributed by atoms with E-state index in [1.165, 1.54) is 12.1 Å². The zero-order chi connectivity index (χ0) is 27.4. The third-order valence-corrected chi connectivity index (χ3v) is 8.72. The molecule has 7 nitrogen and oxygen atoms in total. The smallest absolute Gasteiger partial charge is 0.308 e. The maximum Gasteiger partial charge on any atom is 0.308 e. The standard InChI is InChI=1S/C29H24ClN3O4S2/c30-22-12-10-21(11-13-22)19-33-26-15-14-23(18-27(26)38-29(33)35)39(36,37)32-25-9-5-4-8-24(25)28(34)31-17-16-20-6-2-1-3-7-20/h1-15,18,32H,16-17,19H2,(H,31,34). The van der Waals surface area contributed by atoms with Gasteiger partial charge in [0.05, 0.1) is 32.9 Å². The van der Waals surface area contributed by atoms with E-state index in [9.17, 15) is 18.0 Å². The molecule has 1 amide bonds. The Labute approximate surface area is 234 Å². The number of nitrogens with one attached hydrogen (secondary N) is 2. The van der Waals surface area contributed by atoms with Crippen LogP contribution in [0.25, 0.3) is 10.2 Å². The second kappa shape index (κ2) is 11.4. The van der Waals surface area contributed by atoms with Gasteiger partial charge < -0.3 is 5.32 Å². The van der Waals surface area contributed by atoms with Gasteiger partial charge in [-0.1, -0.05) is 77.5 Å². The minimum absolute atomic E-state index is 0.00539. The number of hydrogen-bond donors (Lipinski definition) is 2. The highest BCUT2D eigenvalue weighted by Crippen LogP contribution is 2.25. The molecular formula is C29H24ClN3O4S2. The Hall–Kier alpha value is -3.92. The monoisotopic (exact) mass is 577 g/mol. The molecule has 1 heterocycles. The van der Waals surface area contributed by atoms with Crippen molar-refractivity contribution in [1.29, 1.82) is 0 Å². The molecule has 10 heteroatoms. The summed E-state index contributed by atoms with van der Waals surface area (Å²) < 4.78 is 31.3. The number of fused-ring (bicyclic) bond motifs is 1. The number of sulfonamides is 1. The summed E-state index contributed by atoms with van der Waals surface area (Å²) in [6.07, 6.45) is 0.654. The summed E-state index contributed by atoms with van der Waals surface area (Å²) >= 11 is 6.94. The molecule has 0 saturated heterocycles. The lowest BCUT2D eigenvalue weighted by molar-refractivity contribution is 0.0955. The number of aromatic nitrogens is 1. The van der Waals surface area contributed by atoms with Crippen molar-refractivity contribution in [2.75, 3.05) is 11.3 Å². The number of rotatable bonds is 9. The molecule has 0 aliphatic carbocycles. The first-order valence-electron chi connectivity index (χ1n) is 12.1. The van der Waals surface area contributed by atoms with Crippen LogP contribution >= 0.6 is 22.9 Å². The molecule has 2 N–H and O–H groups in total. The Morgan fingerprint density at radius 1 is 0.872 bits per heavy atom. The van der Waals surface area contributed by atoms with Gasteiger partial charge >= 0.3 is 4.87 Å². The van der Waals surface area contributed by atoms with E-state index in [0.29, 0.717) is 34.7 Å². The van der Waals surface area contributed by atoms with Gasteiger partial charge in [-0.05, 0) is 60.0 Å². The van der Waals surface area contributed by atoms with Crippen molar-refractivity contribution in [2.24, 2.45) is 0 Å². The highest BCUT2D eigenvalue weighted by Gasteiger charge is 2.20. The number of para-hydroxylation sites is 1. The van der Waals surface area contributed by atoms with E-state index in [1.54, 1.807) is 47.0 Å². The number of halogens is 1. The van der Waals surface area contributed by atoms with E-state index in [4.69, 9.17) is 11.6 Å². The molecule has 4 aromatic carbocycles. The highest BCUT2D eigenvalue weighted by molar-refractivity contribution is 7.92. The van der Waals surface area contributed by atoms with Crippen LogP contribution in [0.3, 0.4) is 0 Å². The summed E-state index contributed by atoms with van der Waals surface area (Å²) in [6, 6.07) is 28.0. The van der Waals surface area contributed by atoms with Gasteiger partial charge in [-0.15, -0.1) is 0 Å². The van der Waals surface area contributed by atoms with Gasteiger partial charge in [-0.2, -0.15) is 0 Å². The molecule has 5 aromatic rings. The second-order valence-corrected chi connectivity index (χ2v) is 12.0. The van der Waals surface area contributed by atoms with E-state index in [-0.39, 0.29) is 26.9 Å². The molecule has 0 atom stereocenters. The van der Waals surface area contributed by atoms with Gasteiger partial charge in [0.2, 0.25) is 0 Å². The first kappa shape index (κ1) is 26.7. The average molecular weight is 578 g/mol. The zero-order valence-electron chi connectivity index (χ0n) is 20.6. The maximum absolute atomic E-state index is 13.3.